The van der Waals surface area contributed by atoms with Gasteiger partial charge in [0.05, 0.1) is 13.8 Å². The van der Waals surface area contributed by atoms with E-state index in [2.05, 4.69) is 31.9 Å². The topological polar surface area (TPSA) is 55.8 Å². The molecule has 0 saturated heterocycles. The van der Waals surface area contributed by atoms with Crippen molar-refractivity contribution in [3.63, 3.8) is 0 Å². The third kappa shape index (κ3) is 4.72. The van der Waals surface area contributed by atoms with E-state index in [1.54, 1.807) is 12.1 Å². The van der Waals surface area contributed by atoms with Gasteiger partial charge in [-0.15, -0.1) is 0 Å². The Kier molecular flexibility index (Phi) is 6.68. The summed E-state index contributed by atoms with van der Waals surface area (Å²) in [6.45, 7) is 0.701. The standard InChI is InChI=1S/C16H17Br2NO4S/c1-19(2)24(20,21)13-8-6-12(7-9-13)22-10-11-23-16-14(17)4-3-5-15(16)18/h3-9H,10-11H2,1-2H3. The highest BCUT2D eigenvalue weighted by atomic mass is 79.9. The first kappa shape index (κ1) is 19.2. The van der Waals surface area contributed by atoms with Crippen LogP contribution < -0.4 is 9.47 Å². The molecule has 0 bridgehead atoms. The molecule has 5 nitrogen and oxygen atoms in total. The molecule has 0 aliphatic heterocycles. The molecule has 2 rings (SSSR count). The molecule has 0 N–H and O–H groups in total. The van der Waals surface area contributed by atoms with E-state index in [0.717, 1.165) is 8.95 Å². The zero-order valence-electron chi connectivity index (χ0n) is 13.2. The predicted octanol–water partition coefficient (Wildman–Crippen LogP) is 3.92. The van der Waals surface area contributed by atoms with Crippen LogP contribution in [0.25, 0.3) is 0 Å². The number of hydrogen-bond donors (Lipinski definition) is 0. The number of benzene rings is 2. The summed E-state index contributed by atoms with van der Waals surface area (Å²) in [6.07, 6.45) is 0. The van der Waals surface area contributed by atoms with Crippen molar-refractivity contribution in [3.8, 4) is 11.5 Å². The third-order valence-corrected chi connectivity index (χ3v) is 6.20. The molecule has 0 spiro atoms. The largest absolute Gasteiger partial charge is 0.490 e. The second kappa shape index (κ2) is 8.33. The van der Waals surface area contributed by atoms with E-state index in [1.807, 2.05) is 18.2 Å². The van der Waals surface area contributed by atoms with Gasteiger partial charge < -0.3 is 9.47 Å². The minimum atomic E-state index is -3.42. The Labute approximate surface area is 158 Å². The minimum absolute atomic E-state index is 0.230. The van der Waals surface area contributed by atoms with Gasteiger partial charge in [0.1, 0.15) is 24.7 Å². The van der Waals surface area contributed by atoms with Crippen LogP contribution in [0.2, 0.25) is 0 Å². The van der Waals surface area contributed by atoms with Gasteiger partial charge in [-0.25, -0.2) is 12.7 Å². The van der Waals surface area contributed by atoms with Gasteiger partial charge in [0, 0.05) is 14.1 Å². The number of para-hydroxylation sites is 1. The van der Waals surface area contributed by atoms with Crippen molar-refractivity contribution in [2.24, 2.45) is 0 Å². The highest BCUT2D eigenvalue weighted by Crippen LogP contribution is 2.32. The van der Waals surface area contributed by atoms with E-state index in [-0.39, 0.29) is 4.90 Å². The predicted molar refractivity (Wildman–Crippen MR) is 100 cm³/mol. The van der Waals surface area contributed by atoms with E-state index in [1.165, 1.54) is 30.5 Å². The van der Waals surface area contributed by atoms with Crippen molar-refractivity contribution >= 4 is 41.9 Å². The van der Waals surface area contributed by atoms with Gasteiger partial charge in [-0.2, -0.15) is 0 Å². The summed E-state index contributed by atoms with van der Waals surface area (Å²) in [5.74, 6) is 1.30. The molecule has 0 aliphatic carbocycles. The van der Waals surface area contributed by atoms with E-state index in [4.69, 9.17) is 9.47 Å². The second-order valence-corrected chi connectivity index (χ2v) is 8.87. The molecule has 130 valence electrons. The molecule has 0 atom stereocenters. The van der Waals surface area contributed by atoms with Gasteiger partial charge in [0.15, 0.2) is 0 Å². The molecule has 0 aromatic heterocycles. The zero-order chi connectivity index (χ0) is 17.7. The van der Waals surface area contributed by atoms with Crippen LogP contribution in [0, 0.1) is 0 Å². The van der Waals surface area contributed by atoms with Crippen molar-refractivity contribution in [3.05, 3.63) is 51.4 Å². The van der Waals surface area contributed by atoms with Crippen LogP contribution in [-0.4, -0.2) is 40.0 Å². The highest BCUT2D eigenvalue weighted by Gasteiger charge is 2.16. The summed E-state index contributed by atoms with van der Waals surface area (Å²) >= 11 is 6.85. The van der Waals surface area contributed by atoms with E-state index >= 15 is 0 Å². The molecule has 0 amide bonds. The number of ether oxygens (including phenoxy) is 2. The molecular formula is C16H17Br2NO4S. The lowest BCUT2D eigenvalue weighted by molar-refractivity contribution is 0.215. The normalized spacial score (nSPS) is 11.5. The average molecular weight is 479 g/mol. The van der Waals surface area contributed by atoms with Crippen molar-refractivity contribution in [2.75, 3.05) is 27.3 Å². The maximum Gasteiger partial charge on any atom is 0.242 e. The third-order valence-electron chi connectivity index (χ3n) is 3.12. The Hall–Kier alpha value is -1.09. The Balaban J connectivity index is 1.89. The van der Waals surface area contributed by atoms with Crippen LogP contribution in [0.3, 0.4) is 0 Å². The molecule has 24 heavy (non-hydrogen) atoms. The molecule has 0 aliphatic rings. The van der Waals surface area contributed by atoms with Gasteiger partial charge in [-0.3, -0.25) is 0 Å². The van der Waals surface area contributed by atoms with Crippen LogP contribution in [0.5, 0.6) is 11.5 Å². The maximum atomic E-state index is 12.0. The smallest absolute Gasteiger partial charge is 0.242 e. The van der Waals surface area contributed by atoms with E-state index in [9.17, 15) is 8.42 Å². The average Bonchev–Trinajstić information content (AvgIpc) is 2.54. The van der Waals surface area contributed by atoms with Gasteiger partial charge in [0.2, 0.25) is 10.0 Å². The number of nitrogens with zero attached hydrogens (tertiary/aromatic N) is 1. The first-order chi connectivity index (χ1) is 11.3. The molecule has 0 unspecified atom stereocenters. The van der Waals surface area contributed by atoms with Crippen LogP contribution in [0.1, 0.15) is 0 Å². The van der Waals surface area contributed by atoms with Crippen LogP contribution in [-0.2, 0) is 10.0 Å². The fourth-order valence-electron chi connectivity index (χ4n) is 1.84. The Bertz CT molecular complexity index is 772. The maximum absolute atomic E-state index is 12.0. The van der Waals surface area contributed by atoms with Gasteiger partial charge in [-0.05, 0) is 68.3 Å². The molecule has 0 radical (unpaired) electrons. The second-order valence-electron chi connectivity index (χ2n) is 5.01. The van der Waals surface area contributed by atoms with Gasteiger partial charge in [0.25, 0.3) is 0 Å². The fraction of sp³-hybridized carbons (Fsp3) is 0.250. The zero-order valence-corrected chi connectivity index (χ0v) is 17.2. The quantitative estimate of drug-likeness (QED) is 0.566. The first-order valence-electron chi connectivity index (χ1n) is 7.04. The summed E-state index contributed by atoms with van der Waals surface area (Å²) in [5, 5.41) is 0. The summed E-state index contributed by atoms with van der Waals surface area (Å²) in [4.78, 5) is 0.230. The number of sulfonamides is 1. The molecule has 0 heterocycles. The summed E-state index contributed by atoms with van der Waals surface area (Å²) in [5.41, 5.74) is 0. The monoisotopic (exact) mass is 477 g/mol. The lowest BCUT2D eigenvalue weighted by Crippen LogP contribution is -2.22. The van der Waals surface area contributed by atoms with Gasteiger partial charge in [-0.1, -0.05) is 6.07 Å². The van der Waals surface area contributed by atoms with E-state index < -0.39 is 10.0 Å². The lowest BCUT2D eigenvalue weighted by atomic mass is 10.3. The molecule has 0 saturated carbocycles. The molecule has 2 aromatic rings. The number of rotatable bonds is 7. The molecule has 2 aromatic carbocycles. The summed E-state index contributed by atoms with van der Waals surface area (Å²) in [6, 6.07) is 12.0. The Morgan fingerprint density at radius 1 is 0.917 bits per heavy atom. The Morgan fingerprint density at radius 3 is 2.00 bits per heavy atom. The summed E-state index contributed by atoms with van der Waals surface area (Å²) in [7, 11) is -0.428. The molecule has 0 fully saturated rings. The van der Waals surface area contributed by atoms with Crippen LogP contribution in [0.15, 0.2) is 56.3 Å². The van der Waals surface area contributed by atoms with Crippen molar-refractivity contribution in [2.45, 2.75) is 4.90 Å². The first-order valence-corrected chi connectivity index (χ1v) is 10.1. The highest BCUT2D eigenvalue weighted by molar-refractivity contribution is 9.11. The number of halogens is 2. The van der Waals surface area contributed by atoms with Crippen molar-refractivity contribution < 1.29 is 17.9 Å². The van der Waals surface area contributed by atoms with Crippen LogP contribution >= 0.6 is 31.9 Å². The molecular weight excluding hydrogens is 462 g/mol. The van der Waals surface area contributed by atoms with Crippen LogP contribution in [0.4, 0.5) is 0 Å². The van der Waals surface area contributed by atoms with Crippen molar-refractivity contribution in [1.29, 1.82) is 0 Å². The minimum Gasteiger partial charge on any atom is -0.490 e. The van der Waals surface area contributed by atoms with Gasteiger partial charge >= 0.3 is 0 Å². The SMILES string of the molecule is CN(C)S(=O)(=O)c1ccc(OCCOc2c(Br)cccc2Br)cc1. The Morgan fingerprint density at radius 2 is 1.46 bits per heavy atom. The number of hydrogen-bond acceptors (Lipinski definition) is 4. The van der Waals surface area contributed by atoms with E-state index in [0.29, 0.717) is 24.7 Å². The fourth-order valence-corrected chi connectivity index (χ4v) is 3.97. The molecule has 8 heteroatoms. The lowest BCUT2D eigenvalue weighted by Gasteiger charge is -2.13. The van der Waals surface area contributed by atoms with Crippen molar-refractivity contribution in [1.82, 2.24) is 4.31 Å². The summed E-state index contributed by atoms with van der Waals surface area (Å²) < 4.78 is 38.1.